The number of piperidine rings is 1. The van der Waals surface area contributed by atoms with E-state index in [1.165, 1.54) is 0 Å². The van der Waals surface area contributed by atoms with E-state index < -0.39 is 6.10 Å². The minimum Gasteiger partial charge on any atom is -0.389 e. The van der Waals surface area contributed by atoms with Crippen LogP contribution in [0.1, 0.15) is 50.5 Å². The number of aromatic nitrogens is 1. The number of hydrogen-bond acceptors (Lipinski definition) is 6. The van der Waals surface area contributed by atoms with E-state index in [0.29, 0.717) is 36.8 Å². The fourth-order valence-electron chi connectivity index (χ4n) is 6.62. The fraction of sp³-hybridized carbons (Fsp3) is 0.643. The molecule has 0 spiro atoms. The van der Waals surface area contributed by atoms with Crippen molar-refractivity contribution in [2.24, 2.45) is 17.8 Å². The molecule has 1 aliphatic carbocycles. The molecular weight excluding hydrogens is 478 g/mol. The molecule has 8 heteroatoms. The quantitative estimate of drug-likeness (QED) is 0.623. The van der Waals surface area contributed by atoms with E-state index in [4.69, 9.17) is 21.1 Å². The lowest BCUT2D eigenvalue weighted by atomic mass is 9.85. The highest BCUT2D eigenvalue weighted by molar-refractivity contribution is 6.32. The first-order chi connectivity index (χ1) is 17.4. The third kappa shape index (κ3) is 4.65. The number of aliphatic hydroxyl groups excluding tert-OH is 1. The maximum absolute atomic E-state index is 12.9. The van der Waals surface area contributed by atoms with Gasteiger partial charge in [-0.25, -0.2) is 4.98 Å². The lowest BCUT2D eigenvalue weighted by molar-refractivity contribution is -0.117. The van der Waals surface area contributed by atoms with Gasteiger partial charge in [0.2, 0.25) is 5.91 Å². The number of halogens is 1. The molecule has 36 heavy (non-hydrogen) atoms. The highest BCUT2D eigenvalue weighted by Crippen LogP contribution is 2.48. The summed E-state index contributed by atoms with van der Waals surface area (Å²) >= 11 is 6.73. The highest BCUT2D eigenvalue weighted by Gasteiger charge is 2.48. The third-order valence-corrected chi connectivity index (χ3v) is 9.51. The molecule has 1 amide bonds. The van der Waals surface area contributed by atoms with Crippen molar-refractivity contribution in [3.63, 3.8) is 0 Å². The van der Waals surface area contributed by atoms with Crippen molar-refractivity contribution >= 4 is 34.1 Å². The van der Waals surface area contributed by atoms with Crippen LogP contribution in [0, 0.1) is 17.8 Å². The van der Waals surface area contributed by atoms with Gasteiger partial charge in [-0.2, -0.15) is 0 Å². The Labute approximate surface area is 217 Å². The normalized spacial score (nSPS) is 32.1. The number of carbonyl (C=O) groups is 1. The standard InChI is InChI=1S/C28H36ClN3O4/c1-28(16-36-15-25(28)33)32-6-2-17(3-7-32)22-10-19-12-26(30-14-20(19)11-24(22)29)31-27(34)23-13-21(23)18-4-8-35-9-5-18/h10-12,14,17-18,21,23,25,33H,2-9,13,15-16H2,1H3,(H,30,31,34)/t21?,23?,25-,28+/m0/s1. The van der Waals surface area contributed by atoms with Gasteiger partial charge in [-0.3, -0.25) is 9.69 Å². The number of nitrogens with one attached hydrogen (secondary N) is 1. The third-order valence-electron chi connectivity index (χ3n) is 9.18. The van der Waals surface area contributed by atoms with E-state index in [-0.39, 0.29) is 17.4 Å². The summed E-state index contributed by atoms with van der Waals surface area (Å²) in [5.74, 6) is 2.26. The molecule has 2 aromatic rings. The minimum atomic E-state index is -0.443. The molecule has 4 aliphatic rings. The molecule has 0 bridgehead atoms. The number of rotatable bonds is 5. The maximum atomic E-state index is 12.9. The molecule has 6 rings (SSSR count). The number of nitrogens with zero attached hydrogens (tertiary/aromatic N) is 2. The lowest BCUT2D eigenvalue weighted by Gasteiger charge is -2.43. The number of ether oxygens (including phenoxy) is 2. The minimum absolute atomic E-state index is 0.0893. The van der Waals surface area contributed by atoms with Gasteiger partial charge in [0.05, 0.1) is 24.9 Å². The van der Waals surface area contributed by atoms with Gasteiger partial charge in [-0.05, 0) is 99.0 Å². The van der Waals surface area contributed by atoms with Crippen LogP contribution in [-0.4, -0.2) is 72.1 Å². The maximum Gasteiger partial charge on any atom is 0.228 e. The zero-order valence-electron chi connectivity index (χ0n) is 20.9. The second-order valence-electron chi connectivity index (χ2n) is 11.4. The van der Waals surface area contributed by atoms with Crippen molar-refractivity contribution < 1.29 is 19.4 Å². The molecule has 7 nitrogen and oxygen atoms in total. The Morgan fingerprint density at radius 1 is 1.14 bits per heavy atom. The molecule has 3 aliphatic heterocycles. The average Bonchev–Trinajstić information content (AvgIpc) is 3.63. The van der Waals surface area contributed by atoms with E-state index in [2.05, 4.69) is 28.2 Å². The van der Waals surface area contributed by atoms with E-state index in [0.717, 1.165) is 79.8 Å². The summed E-state index contributed by atoms with van der Waals surface area (Å²) < 4.78 is 11.0. The summed E-state index contributed by atoms with van der Waals surface area (Å²) in [6.07, 6.45) is 6.44. The SMILES string of the molecule is C[C@@]1(N2CCC(c3cc4cc(NC(=O)C5CC5C5CCOCC5)ncc4cc3Cl)CC2)COC[C@@H]1O. The van der Waals surface area contributed by atoms with Crippen LogP contribution in [0.15, 0.2) is 24.4 Å². The van der Waals surface area contributed by atoms with Crippen LogP contribution in [0.25, 0.3) is 10.8 Å². The number of aliphatic hydroxyl groups is 1. The largest absolute Gasteiger partial charge is 0.389 e. The number of benzene rings is 1. The Hall–Kier alpha value is -1.77. The Balaban J connectivity index is 1.13. The summed E-state index contributed by atoms with van der Waals surface area (Å²) in [6, 6.07) is 6.14. The van der Waals surface area contributed by atoms with Gasteiger partial charge < -0.3 is 19.9 Å². The van der Waals surface area contributed by atoms with Gasteiger partial charge in [-0.15, -0.1) is 0 Å². The van der Waals surface area contributed by atoms with Crippen molar-refractivity contribution in [1.29, 1.82) is 0 Å². The molecule has 1 aromatic heterocycles. The van der Waals surface area contributed by atoms with Crippen LogP contribution in [0.3, 0.4) is 0 Å². The molecule has 4 atom stereocenters. The zero-order valence-corrected chi connectivity index (χ0v) is 21.7. The van der Waals surface area contributed by atoms with Gasteiger partial charge >= 0.3 is 0 Å². The predicted octanol–water partition coefficient (Wildman–Crippen LogP) is 4.22. The average molecular weight is 514 g/mol. The van der Waals surface area contributed by atoms with Crippen LogP contribution in [0.2, 0.25) is 5.02 Å². The highest BCUT2D eigenvalue weighted by atomic mass is 35.5. The van der Waals surface area contributed by atoms with Crippen molar-refractivity contribution in [3.05, 3.63) is 35.0 Å². The van der Waals surface area contributed by atoms with Crippen molar-refractivity contribution in [3.8, 4) is 0 Å². The molecule has 1 aromatic carbocycles. The summed E-state index contributed by atoms with van der Waals surface area (Å²) in [5.41, 5.74) is 0.852. The van der Waals surface area contributed by atoms with Crippen LogP contribution in [-0.2, 0) is 14.3 Å². The van der Waals surface area contributed by atoms with Gasteiger partial charge in [0.1, 0.15) is 5.82 Å². The summed E-state index contributed by atoms with van der Waals surface area (Å²) in [4.78, 5) is 19.8. The molecule has 2 unspecified atom stereocenters. The molecule has 1 saturated carbocycles. The topological polar surface area (TPSA) is 83.9 Å². The fourth-order valence-corrected chi connectivity index (χ4v) is 6.95. The first kappa shape index (κ1) is 24.6. The van der Waals surface area contributed by atoms with Gasteiger partial charge in [0.15, 0.2) is 0 Å². The number of hydrogen-bond donors (Lipinski definition) is 2. The molecule has 4 heterocycles. The molecule has 4 fully saturated rings. The zero-order chi connectivity index (χ0) is 24.9. The van der Waals surface area contributed by atoms with Crippen LogP contribution in [0.5, 0.6) is 0 Å². The second-order valence-corrected chi connectivity index (χ2v) is 11.8. The molecular formula is C28H36ClN3O4. The number of amides is 1. The number of carbonyl (C=O) groups excluding carboxylic acids is 1. The van der Waals surface area contributed by atoms with Crippen molar-refractivity contribution in [2.75, 3.05) is 44.8 Å². The number of pyridine rings is 1. The first-order valence-corrected chi connectivity index (χ1v) is 13.8. The van der Waals surface area contributed by atoms with Gasteiger partial charge in [0, 0.05) is 35.7 Å². The Morgan fingerprint density at radius 2 is 1.92 bits per heavy atom. The van der Waals surface area contributed by atoms with Gasteiger partial charge in [0.25, 0.3) is 0 Å². The molecule has 2 N–H and O–H groups in total. The van der Waals surface area contributed by atoms with Crippen LogP contribution in [0.4, 0.5) is 5.82 Å². The predicted molar refractivity (Wildman–Crippen MR) is 139 cm³/mol. The summed E-state index contributed by atoms with van der Waals surface area (Å²) in [5, 5.41) is 16.3. The number of anilines is 1. The molecule has 194 valence electrons. The summed E-state index contributed by atoms with van der Waals surface area (Å²) in [7, 11) is 0. The van der Waals surface area contributed by atoms with E-state index in [1.807, 2.05) is 12.1 Å². The smallest absolute Gasteiger partial charge is 0.228 e. The van der Waals surface area contributed by atoms with Crippen LogP contribution < -0.4 is 5.32 Å². The number of likely N-dealkylation sites (tertiary alicyclic amines) is 1. The molecule has 3 saturated heterocycles. The second kappa shape index (κ2) is 9.84. The van der Waals surface area contributed by atoms with E-state index in [1.54, 1.807) is 6.20 Å². The van der Waals surface area contributed by atoms with Crippen LogP contribution >= 0.6 is 11.6 Å². The Kier molecular flexibility index (Phi) is 6.71. The Bertz CT molecular complexity index is 1130. The monoisotopic (exact) mass is 513 g/mol. The molecule has 0 radical (unpaired) electrons. The van der Waals surface area contributed by atoms with E-state index in [9.17, 15) is 9.90 Å². The van der Waals surface area contributed by atoms with Crippen molar-refractivity contribution in [1.82, 2.24) is 9.88 Å². The number of fused-ring (bicyclic) bond motifs is 1. The first-order valence-electron chi connectivity index (χ1n) is 13.4. The van der Waals surface area contributed by atoms with E-state index >= 15 is 0 Å². The lowest BCUT2D eigenvalue weighted by Crippen LogP contribution is -2.56. The Morgan fingerprint density at radius 3 is 2.64 bits per heavy atom. The summed E-state index contributed by atoms with van der Waals surface area (Å²) in [6.45, 7) is 6.55. The van der Waals surface area contributed by atoms with Crippen molar-refractivity contribution in [2.45, 2.75) is 56.6 Å². The van der Waals surface area contributed by atoms with Gasteiger partial charge in [-0.1, -0.05) is 11.6 Å².